The van der Waals surface area contributed by atoms with E-state index in [1.807, 2.05) is 17.5 Å². The van der Waals surface area contributed by atoms with Crippen LogP contribution in [0.25, 0.3) is 10.6 Å². The number of rotatable bonds is 5. The Hall–Kier alpha value is -1.92. The van der Waals surface area contributed by atoms with Crippen molar-refractivity contribution in [1.29, 1.82) is 0 Å². The Morgan fingerprint density at radius 2 is 1.95 bits per heavy atom. The minimum absolute atomic E-state index is 0.165. The molecule has 116 valence electrons. The third-order valence-corrected chi connectivity index (χ3v) is 4.91. The monoisotopic (exact) mass is 318 g/mol. The number of hydrogen-bond donors (Lipinski definition) is 1. The second-order valence-electron chi connectivity index (χ2n) is 5.42. The molecular weight excluding hydrogens is 300 g/mol. The molecule has 2 aromatic heterocycles. The fraction of sp³-hybridized carbons (Fsp3) is 0.375. The normalized spacial score (nSPS) is 15.3. The second kappa shape index (κ2) is 6.46. The minimum Gasteiger partial charge on any atom is -0.477 e. The minimum atomic E-state index is -1.17. The van der Waals surface area contributed by atoms with Gasteiger partial charge in [-0.15, -0.1) is 11.3 Å². The van der Waals surface area contributed by atoms with Gasteiger partial charge in [-0.05, 0) is 49.5 Å². The number of likely N-dealkylation sites (tertiary alicyclic amines) is 1. The fourth-order valence-electron chi connectivity index (χ4n) is 2.85. The van der Waals surface area contributed by atoms with E-state index in [-0.39, 0.29) is 5.56 Å². The molecule has 3 rings (SSSR count). The molecule has 1 N–H and O–H groups in total. The maximum atomic E-state index is 12.5. The van der Waals surface area contributed by atoms with Crippen LogP contribution in [0, 0.1) is 0 Å². The highest BCUT2D eigenvalue weighted by Crippen LogP contribution is 2.24. The van der Waals surface area contributed by atoms with Gasteiger partial charge in [0.1, 0.15) is 5.56 Å². The number of hydrogen-bond acceptors (Lipinski definition) is 4. The third-order valence-electron chi connectivity index (χ3n) is 4.02. The van der Waals surface area contributed by atoms with Gasteiger partial charge in [0.15, 0.2) is 0 Å². The number of nitrogens with zero attached hydrogens (tertiary/aromatic N) is 2. The van der Waals surface area contributed by atoms with Gasteiger partial charge in [0.05, 0.1) is 10.6 Å². The number of carbonyl (C=O) groups is 1. The molecule has 6 heteroatoms. The van der Waals surface area contributed by atoms with E-state index >= 15 is 0 Å². The Balaban J connectivity index is 1.97. The quantitative estimate of drug-likeness (QED) is 0.919. The number of aromatic carboxylic acids is 1. The third kappa shape index (κ3) is 2.98. The van der Waals surface area contributed by atoms with Gasteiger partial charge in [-0.3, -0.25) is 4.79 Å². The maximum absolute atomic E-state index is 12.5. The number of carboxylic acid groups (broad SMARTS) is 1. The van der Waals surface area contributed by atoms with Crippen LogP contribution in [0.3, 0.4) is 0 Å². The lowest BCUT2D eigenvalue weighted by molar-refractivity contribution is 0.0694. The van der Waals surface area contributed by atoms with E-state index in [0.717, 1.165) is 30.2 Å². The van der Waals surface area contributed by atoms with Crippen molar-refractivity contribution in [3.8, 4) is 10.6 Å². The molecular formula is C16H18N2O3S. The molecule has 0 spiro atoms. The largest absolute Gasteiger partial charge is 0.477 e. The van der Waals surface area contributed by atoms with Crippen LogP contribution < -0.4 is 5.56 Å². The molecule has 2 aromatic rings. The van der Waals surface area contributed by atoms with Gasteiger partial charge in [-0.1, -0.05) is 6.07 Å². The van der Waals surface area contributed by atoms with Crippen LogP contribution in [-0.2, 0) is 6.54 Å². The number of thiophene rings is 1. The van der Waals surface area contributed by atoms with E-state index in [4.69, 9.17) is 0 Å². The molecule has 1 saturated heterocycles. The van der Waals surface area contributed by atoms with E-state index in [1.165, 1.54) is 18.9 Å². The first kappa shape index (κ1) is 15.0. The zero-order valence-corrected chi connectivity index (χ0v) is 13.0. The molecule has 0 unspecified atom stereocenters. The highest BCUT2D eigenvalue weighted by Gasteiger charge is 2.17. The topological polar surface area (TPSA) is 62.5 Å². The van der Waals surface area contributed by atoms with Crippen molar-refractivity contribution in [3.05, 3.63) is 45.6 Å². The number of carboxylic acids is 1. The Kier molecular flexibility index (Phi) is 4.40. The molecule has 0 amide bonds. The van der Waals surface area contributed by atoms with Gasteiger partial charge >= 0.3 is 5.97 Å². The van der Waals surface area contributed by atoms with Crippen LogP contribution in [0.15, 0.2) is 34.4 Å². The summed E-state index contributed by atoms with van der Waals surface area (Å²) in [5, 5.41) is 11.1. The molecule has 0 saturated carbocycles. The summed E-state index contributed by atoms with van der Waals surface area (Å²) in [4.78, 5) is 27.0. The molecule has 0 aromatic carbocycles. The molecule has 3 heterocycles. The van der Waals surface area contributed by atoms with Crippen molar-refractivity contribution < 1.29 is 9.90 Å². The molecule has 5 nitrogen and oxygen atoms in total. The lowest BCUT2D eigenvalue weighted by atomic mass is 10.2. The van der Waals surface area contributed by atoms with Crippen LogP contribution in [0.1, 0.15) is 23.2 Å². The maximum Gasteiger partial charge on any atom is 0.341 e. The Labute approximate surface area is 132 Å². The standard InChI is InChI=1S/C16H18N2O3S/c19-15-12(16(20)21)5-6-13(14-4-3-11-22-14)18(15)10-9-17-7-1-2-8-17/h3-6,11H,1-2,7-10H2,(H,20,21). The SMILES string of the molecule is O=C(O)c1ccc(-c2cccs2)n(CCN2CCCC2)c1=O. The van der Waals surface area contributed by atoms with Gasteiger partial charge in [-0.2, -0.15) is 0 Å². The second-order valence-corrected chi connectivity index (χ2v) is 6.37. The van der Waals surface area contributed by atoms with Crippen molar-refractivity contribution >= 4 is 17.3 Å². The fourth-order valence-corrected chi connectivity index (χ4v) is 3.61. The number of pyridine rings is 1. The highest BCUT2D eigenvalue weighted by molar-refractivity contribution is 7.13. The van der Waals surface area contributed by atoms with Gasteiger partial charge in [-0.25, -0.2) is 4.79 Å². The Morgan fingerprint density at radius 3 is 2.59 bits per heavy atom. The van der Waals surface area contributed by atoms with E-state index in [1.54, 1.807) is 22.0 Å². The predicted molar refractivity (Wildman–Crippen MR) is 86.6 cm³/mol. The zero-order chi connectivity index (χ0) is 15.5. The van der Waals surface area contributed by atoms with Crippen molar-refractivity contribution in [2.75, 3.05) is 19.6 Å². The summed E-state index contributed by atoms with van der Waals surface area (Å²) in [5.41, 5.74) is 0.212. The van der Waals surface area contributed by atoms with Crippen molar-refractivity contribution in [2.45, 2.75) is 19.4 Å². The van der Waals surface area contributed by atoms with Crippen LogP contribution in [0.5, 0.6) is 0 Å². The van der Waals surface area contributed by atoms with Crippen molar-refractivity contribution in [3.63, 3.8) is 0 Å². The van der Waals surface area contributed by atoms with Crippen molar-refractivity contribution in [2.24, 2.45) is 0 Å². The highest BCUT2D eigenvalue weighted by atomic mass is 32.1. The average molecular weight is 318 g/mol. The molecule has 1 aliphatic rings. The molecule has 0 bridgehead atoms. The summed E-state index contributed by atoms with van der Waals surface area (Å²) in [5.74, 6) is -1.17. The molecule has 0 radical (unpaired) electrons. The van der Waals surface area contributed by atoms with Gasteiger partial charge < -0.3 is 14.6 Å². The van der Waals surface area contributed by atoms with Crippen LogP contribution in [0.2, 0.25) is 0 Å². The summed E-state index contributed by atoms with van der Waals surface area (Å²) in [7, 11) is 0. The lowest BCUT2D eigenvalue weighted by Gasteiger charge is -2.18. The van der Waals surface area contributed by atoms with Gasteiger partial charge in [0.25, 0.3) is 5.56 Å². The average Bonchev–Trinajstić information content (AvgIpc) is 3.18. The van der Waals surface area contributed by atoms with Gasteiger partial charge in [0, 0.05) is 13.1 Å². The summed E-state index contributed by atoms with van der Waals surface area (Å²) in [6.07, 6.45) is 2.39. The Bertz CT molecular complexity index is 715. The van der Waals surface area contributed by atoms with Crippen LogP contribution in [0.4, 0.5) is 0 Å². The molecule has 0 aliphatic carbocycles. The molecule has 1 aliphatic heterocycles. The summed E-state index contributed by atoms with van der Waals surface area (Å²) in [6.45, 7) is 3.41. The summed E-state index contributed by atoms with van der Waals surface area (Å²) < 4.78 is 1.60. The van der Waals surface area contributed by atoms with E-state index in [0.29, 0.717) is 6.54 Å². The van der Waals surface area contributed by atoms with Crippen LogP contribution in [-0.4, -0.2) is 40.2 Å². The van der Waals surface area contributed by atoms with E-state index < -0.39 is 11.5 Å². The molecule has 0 atom stereocenters. The van der Waals surface area contributed by atoms with Crippen LogP contribution >= 0.6 is 11.3 Å². The zero-order valence-electron chi connectivity index (χ0n) is 12.2. The summed E-state index contributed by atoms with van der Waals surface area (Å²) in [6, 6.07) is 7.03. The first-order valence-electron chi connectivity index (χ1n) is 7.40. The predicted octanol–water partition coefficient (Wildman–Crippen LogP) is 2.37. The first-order valence-corrected chi connectivity index (χ1v) is 8.28. The lowest BCUT2D eigenvalue weighted by Crippen LogP contribution is -2.32. The summed E-state index contributed by atoms with van der Waals surface area (Å²) >= 11 is 1.55. The first-order chi connectivity index (χ1) is 10.7. The van der Waals surface area contributed by atoms with Crippen molar-refractivity contribution in [1.82, 2.24) is 9.47 Å². The molecule has 1 fully saturated rings. The Morgan fingerprint density at radius 1 is 1.18 bits per heavy atom. The van der Waals surface area contributed by atoms with E-state index in [9.17, 15) is 14.7 Å². The number of aromatic nitrogens is 1. The molecule has 22 heavy (non-hydrogen) atoms. The van der Waals surface area contributed by atoms with E-state index in [2.05, 4.69) is 4.90 Å². The van der Waals surface area contributed by atoms with Gasteiger partial charge in [0.2, 0.25) is 0 Å². The smallest absolute Gasteiger partial charge is 0.341 e.